The Morgan fingerprint density at radius 2 is 2.00 bits per heavy atom. The molecule has 0 saturated carbocycles. The second kappa shape index (κ2) is 4.53. The maximum Gasteiger partial charge on any atom is 0.161 e. The fourth-order valence-electron chi connectivity index (χ4n) is 1.29. The highest BCUT2D eigenvalue weighted by molar-refractivity contribution is 5.85. The lowest BCUT2D eigenvalue weighted by atomic mass is 10.2. The van der Waals surface area contributed by atoms with E-state index in [9.17, 15) is 0 Å². The third kappa shape index (κ3) is 2.11. The van der Waals surface area contributed by atoms with Crippen LogP contribution in [0.3, 0.4) is 0 Å². The molecule has 2 N–H and O–H groups in total. The molecule has 0 saturated heterocycles. The lowest BCUT2D eigenvalue weighted by molar-refractivity contribution is 0.0765. The van der Waals surface area contributed by atoms with E-state index in [1.165, 1.54) is 0 Å². The minimum atomic E-state index is -0.0325. The summed E-state index contributed by atoms with van der Waals surface area (Å²) < 4.78 is 11.1. The number of hydrogen-bond acceptors (Lipinski definition) is 3. The quantitative estimate of drug-likeness (QED) is 0.774. The van der Waals surface area contributed by atoms with Crippen LogP contribution in [0.25, 0.3) is 0 Å². The molecular weight excluding hydrogens is 202 g/mol. The van der Waals surface area contributed by atoms with Crippen LogP contribution < -0.4 is 15.2 Å². The van der Waals surface area contributed by atoms with Gasteiger partial charge in [0.1, 0.15) is 12.7 Å². The van der Waals surface area contributed by atoms with E-state index >= 15 is 0 Å². The summed E-state index contributed by atoms with van der Waals surface area (Å²) in [6.07, 6.45) is -0.0325. The van der Waals surface area contributed by atoms with Crippen molar-refractivity contribution in [1.29, 1.82) is 0 Å². The largest absolute Gasteiger partial charge is 0.486 e. The Morgan fingerprint density at radius 3 is 2.64 bits per heavy atom. The first-order valence-electron chi connectivity index (χ1n) is 4.41. The Kier molecular flexibility index (Phi) is 3.61. The van der Waals surface area contributed by atoms with Crippen LogP contribution >= 0.6 is 12.4 Å². The Morgan fingerprint density at radius 1 is 1.36 bits per heavy atom. The molecule has 0 amide bonds. The van der Waals surface area contributed by atoms with Gasteiger partial charge < -0.3 is 15.2 Å². The monoisotopic (exact) mass is 215 g/mol. The molecule has 3 nitrogen and oxygen atoms in total. The third-order valence-corrected chi connectivity index (χ3v) is 2.12. The number of halogens is 1. The molecule has 1 heterocycles. The van der Waals surface area contributed by atoms with E-state index in [-0.39, 0.29) is 24.6 Å². The van der Waals surface area contributed by atoms with Gasteiger partial charge in [-0.3, -0.25) is 0 Å². The summed E-state index contributed by atoms with van der Waals surface area (Å²) in [4.78, 5) is 0. The topological polar surface area (TPSA) is 44.5 Å². The Labute approximate surface area is 89.6 Å². The molecule has 0 aliphatic carbocycles. The number of ether oxygens (including phenoxy) is 2. The van der Waals surface area contributed by atoms with Gasteiger partial charge in [-0.2, -0.15) is 0 Å². The maximum atomic E-state index is 5.72. The maximum absolute atomic E-state index is 5.72. The van der Waals surface area contributed by atoms with Gasteiger partial charge in [0.25, 0.3) is 0 Å². The van der Waals surface area contributed by atoms with Gasteiger partial charge in [-0.05, 0) is 19.1 Å². The third-order valence-electron chi connectivity index (χ3n) is 2.12. The standard InChI is InChI=1S/C10H13NO2.ClH/c1-7(11)10-6-12-8-4-2-3-5-9(8)13-10;/h2-5,7,10H,6,11H2,1H3;1H. The molecule has 2 rings (SSSR count). The molecule has 2 atom stereocenters. The van der Waals surface area contributed by atoms with E-state index in [4.69, 9.17) is 15.2 Å². The molecule has 1 aromatic carbocycles. The van der Waals surface area contributed by atoms with Crippen molar-refractivity contribution in [3.8, 4) is 11.5 Å². The van der Waals surface area contributed by atoms with Gasteiger partial charge in [0, 0.05) is 6.04 Å². The van der Waals surface area contributed by atoms with Crippen LogP contribution in [-0.2, 0) is 0 Å². The molecule has 4 heteroatoms. The number of benzene rings is 1. The summed E-state index contributed by atoms with van der Waals surface area (Å²) in [5, 5.41) is 0. The van der Waals surface area contributed by atoms with Gasteiger partial charge in [-0.1, -0.05) is 12.1 Å². The van der Waals surface area contributed by atoms with Crippen molar-refractivity contribution in [2.75, 3.05) is 6.61 Å². The second-order valence-corrected chi connectivity index (χ2v) is 3.27. The molecule has 0 spiro atoms. The fraction of sp³-hybridized carbons (Fsp3) is 0.400. The summed E-state index contributed by atoms with van der Waals surface area (Å²) in [5.74, 6) is 1.59. The van der Waals surface area contributed by atoms with Gasteiger partial charge in [0.15, 0.2) is 11.5 Å². The van der Waals surface area contributed by atoms with Crippen molar-refractivity contribution in [3.63, 3.8) is 0 Å². The average molecular weight is 216 g/mol. The number of fused-ring (bicyclic) bond motifs is 1. The number of nitrogens with two attached hydrogens (primary N) is 1. The van der Waals surface area contributed by atoms with Crippen molar-refractivity contribution in [2.24, 2.45) is 5.73 Å². The lowest BCUT2D eigenvalue weighted by Crippen LogP contribution is -2.42. The average Bonchev–Trinajstić information content (AvgIpc) is 2.17. The summed E-state index contributed by atoms with van der Waals surface area (Å²) in [7, 11) is 0. The minimum Gasteiger partial charge on any atom is -0.486 e. The molecule has 2 unspecified atom stereocenters. The van der Waals surface area contributed by atoms with E-state index in [1.54, 1.807) is 0 Å². The molecule has 0 fully saturated rings. The van der Waals surface area contributed by atoms with Crippen molar-refractivity contribution < 1.29 is 9.47 Å². The summed E-state index contributed by atoms with van der Waals surface area (Å²) in [6.45, 7) is 2.46. The number of rotatable bonds is 1. The SMILES string of the molecule is CC(N)C1COc2ccccc2O1.Cl. The van der Waals surface area contributed by atoms with Crippen LogP contribution in [0.5, 0.6) is 11.5 Å². The molecule has 1 aliphatic heterocycles. The zero-order valence-electron chi connectivity index (χ0n) is 7.97. The highest BCUT2D eigenvalue weighted by atomic mass is 35.5. The Bertz CT molecular complexity index is 304. The molecule has 0 radical (unpaired) electrons. The smallest absolute Gasteiger partial charge is 0.161 e. The van der Waals surface area contributed by atoms with Gasteiger partial charge in [0.2, 0.25) is 0 Å². The predicted molar refractivity (Wildman–Crippen MR) is 57.3 cm³/mol. The van der Waals surface area contributed by atoms with E-state index in [0.29, 0.717) is 6.61 Å². The van der Waals surface area contributed by atoms with E-state index in [0.717, 1.165) is 11.5 Å². The highest BCUT2D eigenvalue weighted by Crippen LogP contribution is 2.31. The zero-order chi connectivity index (χ0) is 9.26. The lowest BCUT2D eigenvalue weighted by Gasteiger charge is -2.28. The Balaban J connectivity index is 0.000000980. The van der Waals surface area contributed by atoms with E-state index in [2.05, 4.69) is 0 Å². The van der Waals surface area contributed by atoms with Crippen LogP contribution in [0, 0.1) is 0 Å². The van der Waals surface area contributed by atoms with Crippen molar-refractivity contribution in [3.05, 3.63) is 24.3 Å². The molecule has 1 aliphatic rings. The van der Waals surface area contributed by atoms with Crippen molar-refractivity contribution in [2.45, 2.75) is 19.1 Å². The second-order valence-electron chi connectivity index (χ2n) is 3.27. The first-order chi connectivity index (χ1) is 6.27. The van der Waals surface area contributed by atoms with Crippen LogP contribution in [-0.4, -0.2) is 18.8 Å². The first kappa shape index (κ1) is 11.1. The predicted octanol–water partition coefficient (Wildman–Crippen LogP) is 1.60. The van der Waals surface area contributed by atoms with Crippen molar-refractivity contribution >= 4 is 12.4 Å². The van der Waals surface area contributed by atoms with E-state index < -0.39 is 0 Å². The molecule has 78 valence electrons. The van der Waals surface area contributed by atoms with Crippen LogP contribution in [0.4, 0.5) is 0 Å². The highest BCUT2D eigenvalue weighted by Gasteiger charge is 2.23. The van der Waals surface area contributed by atoms with Crippen LogP contribution in [0.1, 0.15) is 6.92 Å². The normalized spacial score (nSPS) is 20.9. The van der Waals surface area contributed by atoms with E-state index in [1.807, 2.05) is 31.2 Å². The molecule has 1 aromatic rings. The van der Waals surface area contributed by atoms with Gasteiger partial charge >= 0.3 is 0 Å². The zero-order valence-corrected chi connectivity index (χ0v) is 8.79. The van der Waals surface area contributed by atoms with Gasteiger partial charge in [-0.15, -0.1) is 12.4 Å². The fourth-order valence-corrected chi connectivity index (χ4v) is 1.29. The number of hydrogen-bond donors (Lipinski definition) is 1. The number of para-hydroxylation sites is 2. The van der Waals surface area contributed by atoms with Gasteiger partial charge in [-0.25, -0.2) is 0 Å². The molecule has 0 aromatic heterocycles. The van der Waals surface area contributed by atoms with Gasteiger partial charge in [0.05, 0.1) is 0 Å². The van der Waals surface area contributed by atoms with Crippen LogP contribution in [0.15, 0.2) is 24.3 Å². The molecule has 14 heavy (non-hydrogen) atoms. The van der Waals surface area contributed by atoms with Crippen LogP contribution in [0.2, 0.25) is 0 Å². The molecule has 0 bridgehead atoms. The summed E-state index contributed by atoms with van der Waals surface area (Å²) in [5.41, 5.74) is 5.72. The first-order valence-corrected chi connectivity index (χ1v) is 4.41. The Hall–Kier alpha value is -0.930. The van der Waals surface area contributed by atoms with Crippen molar-refractivity contribution in [1.82, 2.24) is 0 Å². The minimum absolute atomic E-state index is 0. The summed E-state index contributed by atoms with van der Waals surface area (Å²) in [6, 6.07) is 7.63. The molecular formula is C10H14ClNO2. The summed E-state index contributed by atoms with van der Waals surface area (Å²) >= 11 is 0.